The maximum absolute atomic E-state index is 12.0. The summed E-state index contributed by atoms with van der Waals surface area (Å²) in [6.45, 7) is 4.04. The van der Waals surface area contributed by atoms with Gasteiger partial charge in [-0.2, -0.15) is 0 Å². The van der Waals surface area contributed by atoms with Gasteiger partial charge in [0.15, 0.2) is 0 Å². The number of amides is 1. The second-order valence-electron chi connectivity index (χ2n) is 4.57. The lowest BCUT2D eigenvalue weighted by atomic mass is 10.1. The quantitative estimate of drug-likeness (QED) is 0.848. The van der Waals surface area contributed by atoms with E-state index in [1.807, 2.05) is 30.3 Å². The van der Waals surface area contributed by atoms with Crippen molar-refractivity contribution in [3.8, 4) is 0 Å². The fourth-order valence-electron chi connectivity index (χ4n) is 1.69. The molecule has 0 fully saturated rings. The third kappa shape index (κ3) is 4.48. The average molecular weight is 254 g/mol. The third-order valence-corrected chi connectivity index (χ3v) is 4.02. The Hall–Kier alpha value is -0.870. The van der Waals surface area contributed by atoms with Crippen LogP contribution in [0, 0.1) is 0 Å². The first-order chi connectivity index (χ1) is 8.02. The van der Waals surface area contributed by atoms with E-state index in [2.05, 4.69) is 13.0 Å². The summed E-state index contributed by atoms with van der Waals surface area (Å²) in [5, 5.41) is 2.04. The summed E-state index contributed by atoms with van der Waals surface area (Å²) in [6, 6.07) is 4.44. The lowest BCUT2D eigenvalue weighted by Crippen LogP contribution is -2.29. The molecule has 0 radical (unpaired) electrons. The monoisotopic (exact) mass is 254 g/mol. The van der Waals surface area contributed by atoms with Crippen molar-refractivity contribution >= 4 is 17.2 Å². The van der Waals surface area contributed by atoms with Crippen molar-refractivity contribution in [1.82, 2.24) is 4.90 Å². The topological polar surface area (TPSA) is 46.3 Å². The summed E-state index contributed by atoms with van der Waals surface area (Å²) in [5.74, 6) is 0.201. The third-order valence-electron chi connectivity index (χ3n) is 2.98. The van der Waals surface area contributed by atoms with Crippen molar-refractivity contribution in [2.75, 3.05) is 7.05 Å². The Morgan fingerprint density at radius 2 is 2.24 bits per heavy atom. The Labute approximate surface area is 108 Å². The predicted octanol–water partition coefficient (Wildman–Crippen LogP) is 2.79. The molecule has 17 heavy (non-hydrogen) atoms. The first kappa shape index (κ1) is 14.2. The summed E-state index contributed by atoms with van der Waals surface area (Å²) in [7, 11) is 1.87. The molecule has 3 nitrogen and oxygen atoms in total. The molecule has 1 heterocycles. The molecule has 0 saturated carbocycles. The maximum Gasteiger partial charge on any atom is 0.222 e. The largest absolute Gasteiger partial charge is 0.338 e. The standard InChI is InChI=1S/C13H22N2OS/c1-10(14)6-4-8-13(16)15(3)11(2)12-7-5-9-17-12/h5,7,9-11H,4,6,8,14H2,1-3H3. The molecule has 0 aliphatic heterocycles. The van der Waals surface area contributed by atoms with Crippen molar-refractivity contribution in [2.24, 2.45) is 5.73 Å². The van der Waals surface area contributed by atoms with Crippen molar-refractivity contribution in [3.05, 3.63) is 22.4 Å². The Bertz CT molecular complexity index is 335. The van der Waals surface area contributed by atoms with Crippen LogP contribution in [0.1, 0.15) is 44.0 Å². The zero-order valence-corrected chi connectivity index (χ0v) is 11.7. The number of carbonyl (C=O) groups is 1. The van der Waals surface area contributed by atoms with Crippen LogP contribution in [0.15, 0.2) is 17.5 Å². The van der Waals surface area contributed by atoms with Gasteiger partial charge < -0.3 is 10.6 Å². The average Bonchev–Trinajstić information content (AvgIpc) is 2.79. The van der Waals surface area contributed by atoms with Gasteiger partial charge in [0.05, 0.1) is 6.04 Å². The molecule has 2 atom stereocenters. The van der Waals surface area contributed by atoms with Gasteiger partial charge in [-0.1, -0.05) is 6.07 Å². The first-order valence-corrected chi connectivity index (χ1v) is 6.95. The van der Waals surface area contributed by atoms with Crippen LogP contribution >= 0.6 is 11.3 Å². The number of thiophene rings is 1. The van der Waals surface area contributed by atoms with Gasteiger partial charge in [-0.15, -0.1) is 11.3 Å². The molecule has 2 unspecified atom stereocenters. The van der Waals surface area contributed by atoms with Gasteiger partial charge in [-0.25, -0.2) is 0 Å². The number of nitrogens with two attached hydrogens (primary N) is 1. The van der Waals surface area contributed by atoms with Gasteiger partial charge in [0.2, 0.25) is 5.91 Å². The fourth-order valence-corrected chi connectivity index (χ4v) is 2.51. The van der Waals surface area contributed by atoms with Crippen molar-refractivity contribution < 1.29 is 4.79 Å². The van der Waals surface area contributed by atoms with Crippen LogP contribution in [0.4, 0.5) is 0 Å². The van der Waals surface area contributed by atoms with Crippen LogP contribution < -0.4 is 5.73 Å². The molecule has 1 aromatic rings. The maximum atomic E-state index is 12.0. The molecule has 1 rings (SSSR count). The molecule has 0 aromatic carbocycles. The lowest BCUT2D eigenvalue weighted by molar-refractivity contribution is -0.131. The summed E-state index contributed by atoms with van der Waals surface area (Å²) in [5.41, 5.74) is 5.67. The van der Waals surface area contributed by atoms with E-state index in [0.29, 0.717) is 6.42 Å². The lowest BCUT2D eigenvalue weighted by Gasteiger charge is -2.24. The molecule has 0 saturated heterocycles. The highest BCUT2D eigenvalue weighted by atomic mass is 32.1. The minimum atomic E-state index is 0.165. The molecule has 2 N–H and O–H groups in total. The molecule has 96 valence electrons. The molecule has 1 amide bonds. The molecular weight excluding hydrogens is 232 g/mol. The highest BCUT2D eigenvalue weighted by molar-refractivity contribution is 7.10. The smallest absolute Gasteiger partial charge is 0.222 e. The van der Waals surface area contributed by atoms with E-state index in [4.69, 9.17) is 5.73 Å². The molecule has 0 aliphatic rings. The van der Waals surface area contributed by atoms with Gasteiger partial charge >= 0.3 is 0 Å². The molecule has 0 bridgehead atoms. The molecule has 4 heteroatoms. The Morgan fingerprint density at radius 1 is 1.53 bits per heavy atom. The van der Waals surface area contributed by atoms with Crippen molar-refractivity contribution in [2.45, 2.75) is 45.2 Å². The zero-order valence-electron chi connectivity index (χ0n) is 10.8. The summed E-state index contributed by atoms with van der Waals surface area (Å²) in [4.78, 5) is 15.0. The minimum Gasteiger partial charge on any atom is -0.338 e. The van der Waals surface area contributed by atoms with Crippen LogP contribution in [0.2, 0.25) is 0 Å². The summed E-state index contributed by atoms with van der Waals surface area (Å²) >= 11 is 1.69. The number of hydrogen-bond acceptors (Lipinski definition) is 3. The highest BCUT2D eigenvalue weighted by Gasteiger charge is 2.17. The Morgan fingerprint density at radius 3 is 2.76 bits per heavy atom. The van der Waals surface area contributed by atoms with Crippen LogP contribution in [-0.2, 0) is 4.79 Å². The second-order valence-corrected chi connectivity index (χ2v) is 5.54. The van der Waals surface area contributed by atoms with Gasteiger partial charge in [0.1, 0.15) is 0 Å². The van der Waals surface area contributed by atoms with Gasteiger partial charge in [0, 0.05) is 24.4 Å². The zero-order chi connectivity index (χ0) is 12.8. The van der Waals surface area contributed by atoms with E-state index < -0.39 is 0 Å². The van der Waals surface area contributed by atoms with E-state index in [9.17, 15) is 4.79 Å². The number of hydrogen-bond donors (Lipinski definition) is 1. The van der Waals surface area contributed by atoms with Crippen LogP contribution in [0.25, 0.3) is 0 Å². The number of carbonyl (C=O) groups excluding carboxylic acids is 1. The fraction of sp³-hybridized carbons (Fsp3) is 0.615. The first-order valence-electron chi connectivity index (χ1n) is 6.07. The second kappa shape index (κ2) is 6.77. The van der Waals surface area contributed by atoms with E-state index >= 15 is 0 Å². The minimum absolute atomic E-state index is 0.165. The molecule has 0 spiro atoms. The van der Waals surface area contributed by atoms with Crippen LogP contribution in [0.5, 0.6) is 0 Å². The molecular formula is C13H22N2OS. The Kier molecular flexibility index (Phi) is 5.65. The number of nitrogens with zero attached hydrogens (tertiary/aromatic N) is 1. The Balaban J connectivity index is 2.41. The molecule has 1 aromatic heterocycles. The number of rotatable bonds is 6. The highest BCUT2D eigenvalue weighted by Crippen LogP contribution is 2.24. The van der Waals surface area contributed by atoms with Crippen LogP contribution in [-0.4, -0.2) is 23.9 Å². The van der Waals surface area contributed by atoms with E-state index in [0.717, 1.165) is 12.8 Å². The summed E-state index contributed by atoms with van der Waals surface area (Å²) < 4.78 is 0. The van der Waals surface area contributed by atoms with E-state index in [-0.39, 0.29) is 18.0 Å². The SMILES string of the molecule is CC(N)CCCC(=O)N(C)C(C)c1cccs1. The normalized spacial score (nSPS) is 14.4. The van der Waals surface area contributed by atoms with Gasteiger partial charge in [-0.3, -0.25) is 4.79 Å². The van der Waals surface area contributed by atoms with Crippen molar-refractivity contribution in [3.63, 3.8) is 0 Å². The van der Waals surface area contributed by atoms with E-state index in [1.54, 1.807) is 11.3 Å². The van der Waals surface area contributed by atoms with E-state index in [1.165, 1.54) is 4.88 Å². The van der Waals surface area contributed by atoms with Crippen molar-refractivity contribution in [1.29, 1.82) is 0 Å². The van der Waals surface area contributed by atoms with Crippen LogP contribution in [0.3, 0.4) is 0 Å². The van der Waals surface area contributed by atoms with Gasteiger partial charge in [0.25, 0.3) is 0 Å². The summed E-state index contributed by atoms with van der Waals surface area (Å²) in [6.07, 6.45) is 2.37. The predicted molar refractivity (Wildman–Crippen MR) is 73.0 cm³/mol. The molecule has 0 aliphatic carbocycles. The van der Waals surface area contributed by atoms with Gasteiger partial charge in [-0.05, 0) is 38.1 Å².